The lowest BCUT2D eigenvalue weighted by Gasteiger charge is -2.15. The van der Waals surface area contributed by atoms with E-state index in [0.29, 0.717) is 17.1 Å². The Morgan fingerprint density at radius 1 is 1.24 bits per heavy atom. The van der Waals surface area contributed by atoms with Crippen molar-refractivity contribution >= 4 is 46.3 Å². The second-order valence-electron chi connectivity index (χ2n) is 5.35. The van der Waals surface area contributed by atoms with Crippen LogP contribution < -0.4 is 11.1 Å². The minimum absolute atomic E-state index is 0.0266. The summed E-state index contributed by atoms with van der Waals surface area (Å²) >= 11 is 12.0. The van der Waals surface area contributed by atoms with E-state index in [1.165, 1.54) is 0 Å². The van der Waals surface area contributed by atoms with Crippen LogP contribution in [0.4, 0.5) is 23.1 Å². The van der Waals surface area contributed by atoms with Crippen LogP contribution in [0.1, 0.15) is 9.16 Å². The Balaban J connectivity index is 1.83. The van der Waals surface area contributed by atoms with Crippen LogP contribution in [0.3, 0.4) is 0 Å². The van der Waals surface area contributed by atoms with Crippen molar-refractivity contribution in [3.8, 4) is 0 Å². The van der Waals surface area contributed by atoms with Gasteiger partial charge in [-0.05, 0) is 30.7 Å². The second kappa shape index (κ2) is 7.77. The van der Waals surface area contributed by atoms with Crippen LogP contribution in [0.25, 0.3) is 0 Å². The molecule has 0 amide bonds. The van der Waals surface area contributed by atoms with E-state index in [0.717, 1.165) is 0 Å². The lowest BCUT2D eigenvalue weighted by Crippen LogP contribution is -2.18. The van der Waals surface area contributed by atoms with Crippen molar-refractivity contribution in [3.63, 3.8) is 0 Å². The van der Waals surface area contributed by atoms with Crippen molar-refractivity contribution in [3.05, 3.63) is 46.6 Å². The van der Waals surface area contributed by atoms with Crippen molar-refractivity contribution in [2.24, 2.45) is 16.1 Å². The van der Waals surface area contributed by atoms with E-state index in [1.54, 1.807) is 36.4 Å². The van der Waals surface area contributed by atoms with Gasteiger partial charge >= 0.3 is 0 Å². The molecule has 0 saturated heterocycles. The predicted molar refractivity (Wildman–Crippen MR) is 98.8 cm³/mol. The molecular formula is C16H16Cl2N6O. The lowest BCUT2D eigenvalue weighted by atomic mass is 10.1. The summed E-state index contributed by atoms with van der Waals surface area (Å²) in [4.78, 5) is 8.01. The van der Waals surface area contributed by atoms with E-state index in [4.69, 9.17) is 31.7 Å². The van der Waals surface area contributed by atoms with Gasteiger partial charge in [-0.3, -0.25) is 0 Å². The Morgan fingerprint density at radius 3 is 2.68 bits per heavy atom. The Morgan fingerprint density at radius 2 is 2.00 bits per heavy atom. The number of nitrogen functional groups attached to an aromatic ring is 1. The highest BCUT2D eigenvalue weighted by atomic mass is 35.5. The van der Waals surface area contributed by atoms with Crippen LogP contribution in [-0.4, -0.2) is 27.7 Å². The number of halogens is 2. The fraction of sp³-hybridized carbons (Fsp3) is 0.250. The first-order chi connectivity index (χ1) is 12.7. The number of nitrogens with zero attached hydrogens (tertiary/aromatic N) is 4. The molecule has 2 aromatic rings. The Hall–Kier alpha value is -2.22. The molecule has 0 spiro atoms. The van der Waals surface area contributed by atoms with Gasteiger partial charge in [0.05, 0.1) is 8.43 Å². The summed E-state index contributed by atoms with van der Waals surface area (Å²) in [6, 6.07) is 6.47. The summed E-state index contributed by atoms with van der Waals surface area (Å²) < 4.78 is 14.8. The number of aliphatic hydroxyl groups is 1. The number of hydrogen-bond donors (Lipinski definition) is 3. The van der Waals surface area contributed by atoms with E-state index in [-0.39, 0.29) is 28.6 Å². The molecule has 130 valence electrons. The van der Waals surface area contributed by atoms with E-state index in [2.05, 4.69) is 25.5 Å². The van der Waals surface area contributed by atoms with Gasteiger partial charge in [0.2, 0.25) is 5.95 Å². The normalized spacial score (nSPS) is 21.4. The first kappa shape index (κ1) is 15.1. The largest absolute Gasteiger partial charge is 0.396 e. The molecule has 1 aromatic carbocycles. The molecule has 0 aliphatic heterocycles. The maximum Gasteiger partial charge on any atom is 0.223 e. The number of nitrogens with two attached hydrogens (primary N) is 1. The third kappa shape index (κ3) is 4.45. The summed E-state index contributed by atoms with van der Waals surface area (Å²) in [5, 5.41) is 21.4. The maximum absolute atomic E-state index is 9.52. The van der Waals surface area contributed by atoms with E-state index in [1.807, 2.05) is 0 Å². The molecule has 4 N–H and O–H groups in total. The Labute approximate surface area is 157 Å². The van der Waals surface area contributed by atoms with Crippen LogP contribution >= 0.6 is 23.2 Å². The summed E-state index contributed by atoms with van der Waals surface area (Å²) in [6.45, 7) is -2.30. The molecule has 0 bridgehead atoms. The van der Waals surface area contributed by atoms with E-state index < -0.39 is 12.5 Å². The van der Waals surface area contributed by atoms with Crippen LogP contribution in [0, 0.1) is 5.92 Å². The fourth-order valence-electron chi connectivity index (χ4n) is 2.33. The fourth-order valence-corrected chi connectivity index (χ4v) is 2.67. The summed E-state index contributed by atoms with van der Waals surface area (Å²) in [5.74, 6) is -0.410. The quantitative estimate of drug-likeness (QED) is 0.410. The zero-order valence-corrected chi connectivity index (χ0v) is 14.4. The molecule has 2 unspecified atom stereocenters. The number of aromatic nitrogens is 2. The third-order valence-electron chi connectivity index (χ3n) is 3.52. The van der Waals surface area contributed by atoms with Crippen molar-refractivity contribution in [2.75, 3.05) is 17.6 Å². The number of nitrogens with one attached hydrogen (secondary N) is 1. The number of anilines is 2. The summed E-state index contributed by atoms with van der Waals surface area (Å²) in [7, 11) is 0. The average Bonchev–Trinajstić information content (AvgIpc) is 3.04. The van der Waals surface area contributed by atoms with Crippen LogP contribution in [0.15, 0.2) is 46.6 Å². The number of azo groups is 1. The molecule has 9 heteroatoms. The first-order valence-electron chi connectivity index (χ1n) is 8.40. The topological polar surface area (TPSA) is 109 Å². The molecule has 25 heavy (non-hydrogen) atoms. The van der Waals surface area contributed by atoms with E-state index in [9.17, 15) is 5.11 Å². The van der Waals surface area contributed by atoms with Gasteiger partial charge in [0.15, 0.2) is 16.7 Å². The van der Waals surface area contributed by atoms with Crippen LogP contribution in [0.5, 0.6) is 0 Å². The Bertz CT molecular complexity index is 886. The van der Waals surface area contributed by atoms with Gasteiger partial charge in [0.1, 0.15) is 0 Å². The SMILES string of the molecule is [2H]C([2H])(O)C1C=CC(Nc2nc(N)nc(Cl)c2N=Nc2ccc(Cl)cc2)C1. The van der Waals surface area contributed by atoms with Gasteiger partial charge in [-0.15, -0.1) is 5.11 Å². The van der Waals surface area contributed by atoms with Crippen LogP contribution in [0.2, 0.25) is 10.2 Å². The minimum Gasteiger partial charge on any atom is -0.396 e. The van der Waals surface area contributed by atoms with Crippen molar-refractivity contribution < 1.29 is 7.85 Å². The van der Waals surface area contributed by atoms with Crippen molar-refractivity contribution in [1.82, 2.24) is 9.97 Å². The molecule has 2 atom stereocenters. The highest BCUT2D eigenvalue weighted by Crippen LogP contribution is 2.34. The highest BCUT2D eigenvalue weighted by molar-refractivity contribution is 6.32. The summed E-state index contributed by atoms with van der Waals surface area (Å²) in [6.07, 6.45) is 3.68. The Kier molecular flexibility index (Phi) is 4.69. The predicted octanol–water partition coefficient (Wildman–Crippen LogP) is 4.13. The van der Waals surface area contributed by atoms with Crippen LogP contribution in [-0.2, 0) is 0 Å². The average molecular weight is 381 g/mol. The standard InChI is InChI=1S/C16H16Cl2N6O/c17-10-2-5-11(6-3-10)23-24-13-14(18)21-16(19)22-15(13)20-12-4-1-9(7-12)8-25/h1-6,9,12,25H,7-8H2,(H3,19,20,21,22)/i8D2. The van der Waals surface area contributed by atoms with Gasteiger partial charge in [0, 0.05) is 23.5 Å². The second-order valence-corrected chi connectivity index (χ2v) is 6.15. The number of hydrogen-bond acceptors (Lipinski definition) is 7. The van der Waals surface area contributed by atoms with Gasteiger partial charge in [0.25, 0.3) is 0 Å². The van der Waals surface area contributed by atoms with Gasteiger partial charge in [-0.25, -0.2) is 0 Å². The van der Waals surface area contributed by atoms with Gasteiger partial charge in [-0.2, -0.15) is 15.1 Å². The van der Waals surface area contributed by atoms with Gasteiger partial charge in [-0.1, -0.05) is 35.4 Å². The zero-order valence-electron chi connectivity index (χ0n) is 14.9. The van der Waals surface area contributed by atoms with Crippen molar-refractivity contribution in [1.29, 1.82) is 0 Å². The molecule has 0 fully saturated rings. The smallest absolute Gasteiger partial charge is 0.223 e. The first-order valence-corrected chi connectivity index (χ1v) is 8.15. The molecule has 0 radical (unpaired) electrons. The highest BCUT2D eigenvalue weighted by Gasteiger charge is 2.21. The van der Waals surface area contributed by atoms with Gasteiger partial charge < -0.3 is 16.2 Å². The monoisotopic (exact) mass is 380 g/mol. The molecule has 7 nitrogen and oxygen atoms in total. The number of benzene rings is 1. The molecular weight excluding hydrogens is 363 g/mol. The molecule has 1 aromatic heterocycles. The molecule has 0 saturated carbocycles. The lowest BCUT2D eigenvalue weighted by molar-refractivity contribution is 0.250. The molecule has 1 aliphatic rings. The molecule has 3 rings (SSSR count). The molecule has 1 heterocycles. The zero-order chi connectivity index (χ0) is 19.6. The number of rotatable bonds is 5. The van der Waals surface area contributed by atoms with Crippen molar-refractivity contribution in [2.45, 2.75) is 12.5 Å². The minimum atomic E-state index is -2.30. The summed E-state index contributed by atoms with van der Waals surface area (Å²) in [5.41, 5.74) is 6.43. The van der Waals surface area contributed by atoms with E-state index >= 15 is 0 Å². The molecule has 1 aliphatic carbocycles. The third-order valence-corrected chi connectivity index (χ3v) is 4.04. The maximum atomic E-state index is 9.52.